The molecule has 4 N–H and O–H groups in total. The second-order valence-electron chi connectivity index (χ2n) is 18.1. The fourth-order valence-corrected chi connectivity index (χ4v) is 8.52. The van der Waals surface area contributed by atoms with E-state index in [1.807, 2.05) is 36.5 Å². The minimum absolute atomic E-state index is 0.0352. The molecule has 0 radical (unpaired) electrons. The van der Waals surface area contributed by atoms with Gasteiger partial charge in [-0.1, -0.05) is 54.6 Å². The van der Waals surface area contributed by atoms with Crippen LogP contribution in [-0.4, -0.2) is 116 Å². The highest BCUT2D eigenvalue weighted by Gasteiger charge is 2.33. The van der Waals surface area contributed by atoms with Crippen molar-refractivity contribution < 1.29 is 52.1 Å². The monoisotopic (exact) mass is 1050 g/mol. The summed E-state index contributed by atoms with van der Waals surface area (Å²) in [5.41, 5.74) is 6.29. The lowest BCUT2D eigenvalue weighted by Crippen LogP contribution is -2.49. The number of nitrogens with zero attached hydrogens (tertiary/aromatic N) is 9. The number of carbonyl (C=O) groups is 6. The first-order chi connectivity index (χ1) is 37.1. The van der Waals surface area contributed by atoms with E-state index < -0.39 is 35.8 Å². The number of benzene rings is 5. The third-order valence-electron chi connectivity index (χ3n) is 12.7. The van der Waals surface area contributed by atoms with Crippen LogP contribution < -0.4 is 35.2 Å². The maximum absolute atomic E-state index is 14.0. The van der Waals surface area contributed by atoms with Crippen LogP contribution in [-0.2, 0) is 51.7 Å². The molecular weight excluding hydrogens is 999 g/mol. The van der Waals surface area contributed by atoms with E-state index in [2.05, 4.69) is 41.1 Å². The molecule has 5 aromatic carbocycles. The largest absolute Gasteiger partial charge is 0.489 e. The zero-order valence-corrected chi connectivity index (χ0v) is 41.6. The Hall–Kier alpha value is -9.67. The summed E-state index contributed by atoms with van der Waals surface area (Å²) in [5, 5.41) is 25.3. The van der Waals surface area contributed by atoms with Crippen LogP contribution in [0.15, 0.2) is 121 Å². The van der Waals surface area contributed by atoms with Crippen molar-refractivity contribution in [3.8, 4) is 11.5 Å². The zero-order valence-electron chi connectivity index (χ0n) is 41.6. The third kappa shape index (κ3) is 12.6. The number of amides is 5. The number of aryl methyl sites for hydroxylation is 2. The number of aliphatic carboxylic acids is 1. The standard InChI is InChI=1S/C31H28FN7O4.C23H22FN5O5/c1-38-26-12-19(7-11-28(40)35-23-9-8-20-14-33-15-22(20)13-23)6-10-27(26)43-17-25(31(38)42)36-30(41)29-34-18-39(37-29)16-21-4-2-3-5-24(21)32;1-28-18-10-14(7-9-20(30)31)6-8-19(18)34-12-17(23(28)33)26-22(32)21-25-13-29(27-21)11-15-4-2-3-5-16(15)24/h2-6,8-10,12-14,18,25H,7,11,15-17H2,1H3,(H,35,40)(H,36,41);2-6,8,10,13,17H,7,9,11-12H2,1H3,(H,26,32)(H,30,31). The summed E-state index contributed by atoms with van der Waals surface area (Å²) in [6, 6.07) is 26.8. The van der Waals surface area contributed by atoms with Crippen LogP contribution in [0.3, 0.4) is 0 Å². The lowest BCUT2D eigenvalue weighted by molar-refractivity contribution is -0.137. The average molecular weight is 1050 g/mol. The molecule has 0 bridgehead atoms. The molecule has 5 amide bonds. The normalized spacial score (nSPS) is 15.3. The Morgan fingerprint density at radius 2 is 1.17 bits per heavy atom. The Morgan fingerprint density at radius 1 is 0.662 bits per heavy atom. The number of anilines is 3. The van der Waals surface area contributed by atoms with Gasteiger partial charge in [0, 0.05) is 50.0 Å². The fraction of sp³-hybridized carbons (Fsp3) is 0.241. The maximum Gasteiger partial charge on any atom is 0.303 e. The molecule has 3 aliphatic heterocycles. The van der Waals surface area contributed by atoms with Crippen LogP contribution in [0, 0.1) is 11.6 Å². The molecule has 23 heteroatoms. The first kappa shape index (κ1) is 52.2. The number of rotatable bonds is 15. The van der Waals surface area contributed by atoms with Crippen LogP contribution in [0.2, 0.25) is 0 Å². The van der Waals surface area contributed by atoms with Gasteiger partial charge in [0.2, 0.25) is 17.6 Å². The predicted molar refractivity (Wildman–Crippen MR) is 275 cm³/mol. The Morgan fingerprint density at radius 3 is 1.68 bits per heavy atom. The van der Waals surface area contributed by atoms with Gasteiger partial charge in [0.05, 0.1) is 31.0 Å². The smallest absolute Gasteiger partial charge is 0.303 e. The summed E-state index contributed by atoms with van der Waals surface area (Å²) in [5.74, 6) is -3.32. The van der Waals surface area contributed by atoms with Gasteiger partial charge in [0.25, 0.3) is 23.6 Å². The van der Waals surface area contributed by atoms with Crippen LogP contribution in [0.1, 0.15) is 67.5 Å². The number of carboxylic acids is 1. The van der Waals surface area contributed by atoms with E-state index in [-0.39, 0.29) is 74.2 Å². The number of carboxylic acid groups (broad SMARTS) is 1. The first-order valence-corrected chi connectivity index (χ1v) is 24.2. The first-order valence-electron chi connectivity index (χ1n) is 24.2. The second-order valence-corrected chi connectivity index (χ2v) is 18.1. The van der Waals surface area contributed by atoms with E-state index in [1.54, 1.807) is 74.8 Å². The number of halogens is 2. The fourth-order valence-electron chi connectivity index (χ4n) is 8.52. The quantitative estimate of drug-likeness (QED) is 0.108. The van der Waals surface area contributed by atoms with Crippen molar-refractivity contribution >= 4 is 58.8 Å². The van der Waals surface area contributed by atoms with Gasteiger partial charge in [-0.05, 0) is 83.6 Å². The highest BCUT2D eigenvalue weighted by atomic mass is 19.1. The lowest BCUT2D eigenvalue weighted by atomic mass is 10.1. The molecule has 77 heavy (non-hydrogen) atoms. The second kappa shape index (κ2) is 23.3. The summed E-state index contributed by atoms with van der Waals surface area (Å²) in [6.07, 6.45) is 5.45. The van der Waals surface area contributed by atoms with Crippen LogP contribution in [0.4, 0.5) is 25.8 Å². The Bertz CT molecular complexity index is 3440. The Balaban J connectivity index is 0.000000193. The van der Waals surface area contributed by atoms with E-state index >= 15 is 0 Å². The number of aliphatic imine (C=N–C) groups is 1. The summed E-state index contributed by atoms with van der Waals surface area (Å²) >= 11 is 0. The van der Waals surface area contributed by atoms with Gasteiger partial charge in [0.1, 0.15) is 61.1 Å². The minimum atomic E-state index is -0.995. The van der Waals surface area contributed by atoms with Crippen molar-refractivity contribution in [3.63, 3.8) is 0 Å². The third-order valence-corrected chi connectivity index (χ3v) is 12.7. The number of hydrogen-bond donors (Lipinski definition) is 4. The number of fused-ring (bicyclic) bond motifs is 3. The van der Waals surface area contributed by atoms with Gasteiger partial charge in [0.15, 0.2) is 0 Å². The number of aromatic nitrogens is 6. The molecule has 7 aromatic rings. The molecule has 3 aliphatic rings. The number of nitrogens with one attached hydrogen (secondary N) is 3. The van der Waals surface area contributed by atoms with Gasteiger partial charge >= 0.3 is 5.97 Å². The van der Waals surface area contributed by atoms with Gasteiger partial charge in [-0.25, -0.2) is 28.1 Å². The molecule has 0 aliphatic carbocycles. The van der Waals surface area contributed by atoms with Gasteiger partial charge in [-0.15, -0.1) is 10.2 Å². The van der Waals surface area contributed by atoms with E-state index in [9.17, 15) is 37.5 Å². The summed E-state index contributed by atoms with van der Waals surface area (Å²) in [7, 11) is 3.15. The number of hydrogen-bond acceptors (Lipinski definition) is 13. The number of carbonyl (C=O) groups excluding carboxylic acids is 5. The zero-order chi connectivity index (χ0) is 54.2. The highest BCUT2D eigenvalue weighted by Crippen LogP contribution is 2.34. The SMILES string of the molecule is CN1C(=O)C(NC(=O)c2ncn(Cc3ccccc3F)n2)COc2ccc(CCC(=O)Nc3ccc4c(c3)CN=C4)cc21.CN1C(=O)C(NC(=O)c2ncn(Cc3ccccc3F)n2)COc2ccc(CCC(=O)O)cc21. The molecule has 5 heterocycles. The molecule has 2 atom stereocenters. The van der Waals surface area contributed by atoms with Gasteiger partial charge in [-0.3, -0.25) is 33.8 Å². The van der Waals surface area contributed by atoms with E-state index in [1.165, 1.54) is 44.0 Å². The van der Waals surface area contributed by atoms with E-state index in [4.69, 9.17) is 14.6 Å². The average Bonchev–Trinajstić information content (AvgIpc) is 4.22. The van der Waals surface area contributed by atoms with Crippen molar-refractivity contribution in [3.05, 3.63) is 172 Å². The molecule has 0 saturated carbocycles. The highest BCUT2D eigenvalue weighted by molar-refractivity contribution is 6.03. The van der Waals surface area contributed by atoms with E-state index in [0.29, 0.717) is 53.4 Å². The van der Waals surface area contributed by atoms with Crippen molar-refractivity contribution in [2.45, 2.75) is 57.4 Å². The predicted octanol–water partition coefficient (Wildman–Crippen LogP) is 4.76. The van der Waals surface area contributed by atoms with Crippen molar-refractivity contribution in [2.75, 3.05) is 42.4 Å². The van der Waals surface area contributed by atoms with Gasteiger partial charge < -0.3 is 40.3 Å². The van der Waals surface area contributed by atoms with Crippen molar-refractivity contribution in [1.82, 2.24) is 40.2 Å². The summed E-state index contributed by atoms with van der Waals surface area (Å²) < 4.78 is 42.1. The molecule has 0 saturated heterocycles. The van der Waals surface area contributed by atoms with E-state index in [0.717, 1.165) is 27.9 Å². The molecule has 2 unspecified atom stereocenters. The Labute approximate surface area is 438 Å². The minimum Gasteiger partial charge on any atom is -0.489 e. The molecule has 2 aromatic heterocycles. The van der Waals surface area contributed by atoms with Crippen molar-refractivity contribution in [2.24, 2.45) is 4.99 Å². The topological polar surface area (TPSA) is 257 Å². The van der Waals surface area contributed by atoms with Crippen LogP contribution >= 0.6 is 0 Å². The van der Waals surface area contributed by atoms with Crippen LogP contribution in [0.5, 0.6) is 11.5 Å². The molecule has 0 fully saturated rings. The van der Waals surface area contributed by atoms with Gasteiger partial charge in [-0.2, -0.15) is 0 Å². The summed E-state index contributed by atoms with van der Waals surface area (Å²) in [4.78, 5) is 90.3. The lowest BCUT2D eigenvalue weighted by Gasteiger charge is -2.20. The summed E-state index contributed by atoms with van der Waals surface area (Å²) in [6.45, 7) is 0.619. The molecule has 10 rings (SSSR count). The number of ether oxygens (including phenoxy) is 2. The molecule has 394 valence electrons. The molecular formula is C54H50F2N12O9. The molecule has 0 spiro atoms. The number of likely N-dealkylation sites (N-methyl/N-ethyl adjacent to an activating group) is 2. The Kier molecular flexibility index (Phi) is 15.8. The van der Waals surface area contributed by atoms with Crippen LogP contribution in [0.25, 0.3) is 0 Å². The molecule has 21 nitrogen and oxygen atoms in total. The van der Waals surface area contributed by atoms with Crippen molar-refractivity contribution in [1.29, 1.82) is 0 Å². The maximum atomic E-state index is 14.0.